The molecule has 0 heterocycles. The molecule has 1 atom stereocenters. The third-order valence-corrected chi connectivity index (χ3v) is 4.65. The van der Waals surface area contributed by atoms with Gasteiger partial charge in [-0.3, -0.25) is 4.79 Å². The van der Waals surface area contributed by atoms with Crippen LogP contribution in [-0.4, -0.2) is 25.7 Å². The van der Waals surface area contributed by atoms with E-state index in [2.05, 4.69) is 36.5 Å². The standard InChI is InChI=1S/C23H37NO2/c1-3-4-5-6-11-16-22(26-2)17-12-8-13-18-23(25)24-20-19-21-14-9-7-10-15-21/h7-10,12,14-15,22H,3-6,11,13,16-20H2,1-2H3,(H,24,25)/t22-/m0/s1. The molecule has 0 spiro atoms. The number of hydrogen-bond acceptors (Lipinski definition) is 2. The van der Waals surface area contributed by atoms with E-state index >= 15 is 0 Å². The minimum absolute atomic E-state index is 0.129. The Labute approximate surface area is 160 Å². The maximum atomic E-state index is 11.8. The fraction of sp³-hybridized carbons (Fsp3) is 0.609. The van der Waals surface area contributed by atoms with Crippen LogP contribution in [0.25, 0.3) is 0 Å². The SMILES string of the molecule is CCCCCCC[C@@H](CC=CCCC(=O)NCCc1ccccc1)OC. The quantitative estimate of drug-likeness (QED) is 0.334. The van der Waals surface area contributed by atoms with Crippen molar-refractivity contribution in [3.63, 3.8) is 0 Å². The monoisotopic (exact) mass is 359 g/mol. The first kappa shape index (κ1) is 22.4. The van der Waals surface area contributed by atoms with Crippen molar-refractivity contribution in [2.45, 2.75) is 77.2 Å². The predicted molar refractivity (Wildman–Crippen MR) is 110 cm³/mol. The van der Waals surface area contributed by atoms with Crippen molar-refractivity contribution < 1.29 is 9.53 Å². The lowest BCUT2D eigenvalue weighted by molar-refractivity contribution is -0.120. The minimum atomic E-state index is 0.129. The van der Waals surface area contributed by atoms with Gasteiger partial charge in [0.15, 0.2) is 0 Å². The van der Waals surface area contributed by atoms with Gasteiger partial charge in [0, 0.05) is 20.1 Å². The second-order valence-electron chi connectivity index (χ2n) is 6.89. The molecule has 3 nitrogen and oxygen atoms in total. The van der Waals surface area contributed by atoms with E-state index in [1.807, 2.05) is 18.2 Å². The van der Waals surface area contributed by atoms with E-state index in [1.54, 1.807) is 7.11 Å². The molecule has 0 fully saturated rings. The van der Waals surface area contributed by atoms with Gasteiger partial charge in [0.2, 0.25) is 5.91 Å². The van der Waals surface area contributed by atoms with Crippen molar-refractivity contribution in [3.05, 3.63) is 48.0 Å². The molecule has 0 unspecified atom stereocenters. The molecule has 146 valence electrons. The van der Waals surface area contributed by atoms with Gasteiger partial charge in [-0.05, 0) is 31.2 Å². The fourth-order valence-corrected chi connectivity index (χ4v) is 2.97. The zero-order valence-corrected chi connectivity index (χ0v) is 16.7. The first-order valence-electron chi connectivity index (χ1n) is 10.2. The lowest BCUT2D eigenvalue weighted by Gasteiger charge is -2.12. The molecule has 1 amide bonds. The highest BCUT2D eigenvalue weighted by atomic mass is 16.5. The van der Waals surface area contributed by atoms with Crippen molar-refractivity contribution in [2.24, 2.45) is 0 Å². The lowest BCUT2D eigenvalue weighted by Crippen LogP contribution is -2.25. The fourth-order valence-electron chi connectivity index (χ4n) is 2.97. The summed E-state index contributed by atoms with van der Waals surface area (Å²) < 4.78 is 5.55. The highest BCUT2D eigenvalue weighted by Gasteiger charge is 2.04. The molecule has 0 aliphatic heterocycles. The van der Waals surface area contributed by atoms with Crippen molar-refractivity contribution in [1.82, 2.24) is 5.32 Å². The smallest absolute Gasteiger partial charge is 0.220 e. The van der Waals surface area contributed by atoms with Crippen LogP contribution < -0.4 is 5.32 Å². The molecule has 0 radical (unpaired) electrons. The Bertz CT molecular complexity index is 484. The van der Waals surface area contributed by atoms with Crippen LogP contribution in [0.15, 0.2) is 42.5 Å². The van der Waals surface area contributed by atoms with Crippen LogP contribution in [0, 0.1) is 0 Å². The summed E-state index contributed by atoms with van der Waals surface area (Å²) in [5, 5.41) is 2.99. The maximum absolute atomic E-state index is 11.8. The number of hydrogen-bond donors (Lipinski definition) is 1. The van der Waals surface area contributed by atoms with Gasteiger partial charge in [-0.15, -0.1) is 0 Å². The summed E-state index contributed by atoms with van der Waals surface area (Å²) in [5.41, 5.74) is 1.26. The number of amides is 1. The van der Waals surface area contributed by atoms with E-state index in [0.717, 1.165) is 25.7 Å². The number of carbonyl (C=O) groups excluding carboxylic acids is 1. The molecule has 0 aliphatic carbocycles. The molecule has 0 saturated heterocycles. The molecule has 1 aromatic carbocycles. The summed E-state index contributed by atoms with van der Waals surface area (Å²) in [6.07, 6.45) is 15.4. The summed E-state index contributed by atoms with van der Waals surface area (Å²) in [6, 6.07) is 10.2. The van der Waals surface area contributed by atoms with Crippen molar-refractivity contribution >= 4 is 5.91 Å². The van der Waals surface area contributed by atoms with Gasteiger partial charge >= 0.3 is 0 Å². The third-order valence-electron chi connectivity index (χ3n) is 4.65. The van der Waals surface area contributed by atoms with Crippen molar-refractivity contribution in [3.8, 4) is 0 Å². The van der Waals surface area contributed by atoms with Crippen molar-refractivity contribution in [1.29, 1.82) is 0 Å². The zero-order chi connectivity index (χ0) is 18.9. The second kappa shape index (κ2) is 15.6. The number of rotatable bonds is 15. The molecule has 3 heteroatoms. The molecular weight excluding hydrogens is 322 g/mol. The van der Waals surface area contributed by atoms with Gasteiger partial charge in [0.25, 0.3) is 0 Å². The Hall–Kier alpha value is -1.61. The summed E-state index contributed by atoms with van der Waals surface area (Å²) in [6.45, 7) is 2.95. The Morgan fingerprint density at radius 1 is 1.12 bits per heavy atom. The summed E-state index contributed by atoms with van der Waals surface area (Å²) in [7, 11) is 1.80. The Morgan fingerprint density at radius 3 is 2.62 bits per heavy atom. The van der Waals surface area contributed by atoms with Crippen LogP contribution in [0.5, 0.6) is 0 Å². The van der Waals surface area contributed by atoms with Crippen LogP contribution in [0.4, 0.5) is 0 Å². The van der Waals surface area contributed by atoms with Gasteiger partial charge in [0.05, 0.1) is 6.10 Å². The van der Waals surface area contributed by atoms with Gasteiger partial charge in [-0.1, -0.05) is 81.5 Å². The van der Waals surface area contributed by atoms with E-state index in [1.165, 1.54) is 37.7 Å². The molecule has 0 saturated carbocycles. The number of methoxy groups -OCH3 is 1. The Morgan fingerprint density at radius 2 is 1.88 bits per heavy atom. The molecule has 26 heavy (non-hydrogen) atoms. The van der Waals surface area contributed by atoms with E-state index in [4.69, 9.17) is 4.74 Å². The van der Waals surface area contributed by atoms with Gasteiger partial charge < -0.3 is 10.1 Å². The molecule has 1 aromatic rings. The van der Waals surface area contributed by atoms with Crippen LogP contribution in [0.2, 0.25) is 0 Å². The Balaban J connectivity index is 2.04. The van der Waals surface area contributed by atoms with Crippen LogP contribution >= 0.6 is 0 Å². The largest absolute Gasteiger partial charge is 0.381 e. The van der Waals surface area contributed by atoms with E-state index in [0.29, 0.717) is 19.1 Å². The van der Waals surface area contributed by atoms with Gasteiger partial charge in [0.1, 0.15) is 0 Å². The Kier molecular flexibility index (Phi) is 13.5. The van der Waals surface area contributed by atoms with Gasteiger partial charge in [-0.2, -0.15) is 0 Å². The normalized spacial score (nSPS) is 12.4. The van der Waals surface area contributed by atoms with E-state index in [9.17, 15) is 4.79 Å². The number of nitrogens with one attached hydrogen (secondary N) is 1. The third kappa shape index (κ3) is 11.9. The summed E-state index contributed by atoms with van der Waals surface area (Å²) in [5.74, 6) is 0.129. The number of unbranched alkanes of at least 4 members (excludes halogenated alkanes) is 4. The molecule has 0 aliphatic rings. The maximum Gasteiger partial charge on any atom is 0.220 e. The minimum Gasteiger partial charge on any atom is -0.381 e. The molecule has 1 N–H and O–H groups in total. The molecule has 0 bridgehead atoms. The zero-order valence-electron chi connectivity index (χ0n) is 16.7. The number of ether oxygens (including phenoxy) is 1. The van der Waals surface area contributed by atoms with Crippen LogP contribution in [-0.2, 0) is 16.0 Å². The number of allylic oxidation sites excluding steroid dienone is 1. The average Bonchev–Trinajstić information content (AvgIpc) is 2.66. The average molecular weight is 360 g/mol. The molecule has 0 aromatic heterocycles. The van der Waals surface area contributed by atoms with E-state index in [-0.39, 0.29) is 5.91 Å². The predicted octanol–water partition coefficient (Wildman–Crippen LogP) is 5.45. The van der Waals surface area contributed by atoms with Crippen LogP contribution in [0.1, 0.15) is 70.3 Å². The topological polar surface area (TPSA) is 38.3 Å². The second-order valence-corrected chi connectivity index (χ2v) is 6.89. The van der Waals surface area contributed by atoms with Gasteiger partial charge in [-0.25, -0.2) is 0 Å². The first-order valence-corrected chi connectivity index (χ1v) is 10.2. The highest BCUT2D eigenvalue weighted by molar-refractivity contribution is 5.75. The summed E-state index contributed by atoms with van der Waals surface area (Å²) >= 11 is 0. The lowest BCUT2D eigenvalue weighted by atomic mass is 10.1. The van der Waals surface area contributed by atoms with Crippen LogP contribution in [0.3, 0.4) is 0 Å². The summed E-state index contributed by atoms with van der Waals surface area (Å²) in [4.78, 5) is 11.8. The number of benzene rings is 1. The number of carbonyl (C=O) groups is 1. The molecular formula is C23H37NO2. The first-order chi connectivity index (χ1) is 12.8. The molecule has 1 rings (SSSR count). The van der Waals surface area contributed by atoms with E-state index < -0.39 is 0 Å². The van der Waals surface area contributed by atoms with Crippen molar-refractivity contribution in [2.75, 3.05) is 13.7 Å². The highest BCUT2D eigenvalue weighted by Crippen LogP contribution is 2.12.